The topological polar surface area (TPSA) is 38.8 Å². The number of esters is 1. The zero-order valence-electron chi connectivity index (χ0n) is 12.6. The van der Waals surface area contributed by atoms with Gasteiger partial charge in [0.2, 0.25) is 0 Å². The van der Waals surface area contributed by atoms with Gasteiger partial charge in [0.05, 0.1) is 13.2 Å². The quantitative estimate of drug-likeness (QED) is 0.704. The van der Waals surface area contributed by atoms with Crippen LogP contribution in [0.4, 0.5) is 0 Å². The molecule has 4 nitrogen and oxygen atoms in total. The molecule has 0 bridgehead atoms. The molecular formula is C16H22BrNO3. The van der Waals surface area contributed by atoms with Crippen LogP contribution >= 0.6 is 15.9 Å². The van der Waals surface area contributed by atoms with Gasteiger partial charge in [0.25, 0.3) is 0 Å². The molecule has 0 fully saturated rings. The van der Waals surface area contributed by atoms with Crippen LogP contribution in [0.1, 0.15) is 25.8 Å². The highest BCUT2D eigenvalue weighted by molar-refractivity contribution is 9.10. The number of hydrogen-bond acceptors (Lipinski definition) is 4. The molecule has 0 N–H and O–H groups in total. The number of benzene rings is 1. The lowest BCUT2D eigenvalue weighted by atomic mass is 10.1. The fourth-order valence-corrected chi connectivity index (χ4v) is 3.03. The van der Waals surface area contributed by atoms with E-state index in [1.807, 2.05) is 19.1 Å². The van der Waals surface area contributed by atoms with Crippen molar-refractivity contribution in [3.63, 3.8) is 0 Å². The molecule has 1 aromatic carbocycles. The molecule has 1 aliphatic rings. The van der Waals surface area contributed by atoms with Gasteiger partial charge in [-0.2, -0.15) is 0 Å². The van der Waals surface area contributed by atoms with Crippen LogP contribution in [0.15, 0.2) is 22.7 Å². The van der Waals surface area contributed by atoms with Crippen molar-refractivity contribution >= 4 is 21.9 Å². The van der Waals surface area contributed by atoms with Gasteiger partial charge in [-0.25, -0.2) is 0 Å². The van der Waals surface area contributed by atoms with Crippen molar-refractivity contribution in [1.82, 2.24) is 4.90 Å². The van der Waals surface area contributed by atoms with Gasteiger partial charge in [-0.05, 0) is 43.7 Å². The largest absolute Gasteiger partial charge is 0.488 e. The summed E-state index contributed by atoms with van der Waals surface area (Å²) in [5.41, 5.74) is 1.22. The standard InChI is InChI=1S/C16H22BrNO3/c1-3-7-18(11-16(19)20-4-2)10-14-9-12-8-13(17)5-6-15(12)21-14/h5-6,8,14H,3-4,7,9-11H2,1-2H3. The Kier molecular flexibility index (Phi) is 6.06. The number of hydrogen-bond donors (Lipinski definition) is 0. The maximum absolute atomic E-state index is 11.7. The molecular weight excluding hydrogens is 334 g/mol. The first-order valence-corrected chi connectivity index (χ1v) is 8.24. The van der Waals surface area contributed by atoms with E-state index in [2.05, 4.69) is 33.8 Å². The summed E-state index contributed by atoms with van der Waals surface area (Å²) in [6.45, 7) is 6.33. The average Bonchev–Trinajstić information content (AvgIpc) is 2.80. The Bertz CT molecular complexity index is 492. The van der Waals surface area contributed by atoms with Crippen LogP contribution in [0.5, 0.6) is 5.75 Å². The first kappa shape index (κ1) is 16.3. The molecule has 0 radical (unpaired) electrons. The van der Waals surface area contributed by atoms with E-state index in [1.54, 1.807) is 0 Å². The van der Waals surface area contributed by atoms with Crippen LogP contribution in [0, 0.1) is 0 Å². The first-order valence-electron chi connectivity index (χ1n) is 7.45. The summed E-state index contributed by atoms with van der Waals surface area (Å²) in [5.74, 6) is 0.792. The van der Waals surface area contributed by atoms with Gasteiger partial charge >= 0.3 is 5.97 Å². The Morgan fingerprint density at radius 2 is 2.29 bits per heavy atom. The molecule has 1 unspecified atom stereocenters. The third-order valence-corrected chi connectivity index (χ3v) is 3.92. The number of nitrogens with zero attached hydrogens (tertiary/aromatic N) is 1. The first-order chi connectivity index (χ1) is 10.1. The summed E-state index contributed by atoms with van der Waals surface area (Å²) in [6.07, 6.45) is 2.00. The summed E-state index contributed by atoms with van der Waals surface area (Å²) in [6, 6.07) is 6.09. The Morgan fingerprint density at radius 3 is 3.00 bits per heavy atom. The number of ether oxygens (including phenoxy) is 2. The van der Waals surface area contributed by atoms with Crippen LogP contribution < -0.4 is 4.74 Å². The van der Waals surface area contributed by atoms with Gasteiger partial charge in [0.15, 0.2) is 0 Å². The molecule has 5 heteroatoms. The number of carbonyl (C=O) groups is 1. The van der Waals surface area contributed by atoms with Crippen molar-refractivity contribution in [2.45, 2.75) is 32.8 Å². The van der Waals surface area contributed by atoms with Crippen LogP contribution in [0.2, 0.25) is 0 Å². The lowest BCUT2D eigenvalue weighted by molar-refractivity contribution is -0.144. The lowest BCUT2D eigenvalue weighted by Crippen LogP contribution is -2.39. The Balaban J connectivity index is 1.91. The molecule has 0 aromatic heterocycles. The molecule has 0 aliphatic carbocycles. The normalized spacial score (nSPS) is 16.7. The van der Waals surface area contributed by atoms with Crippen molar-refractivity contribution in [2.24, 2.45) is 0 Å². The zero-order chi connectivity index (χ0) is 15.2. The van der Waals surface area contributed by atoms with Crippen molar-refractivity contribution in [3.8, 4) is 5.75 Å². The average molecular weight is 356 g/mol. The van der Waals surface area contributed by atoms with Gasteiger partial charge in [-0.3, -0.25) is 9.69 Å². The molecule has 1 atom stereocenters. The molecule has 1 aromatic rings. The fraction of sp³-hybridized carbons (Fsp3) is 0.562. The van der Waals surface area contributed by atoms with E-state index in [4.69, 9.17) is 9.47 Å². The summed E-state index contributed by atoms with van der Waals surface area (Å²) in [4.78, 5) is 13.8. The highest BCUT2D eigenvalue weighted by atomic mass is 79.9. The van der Waals surface area contributed by atoms with Crippen LogP contribution in [0.25, 0.3) is 0 Å². The van der Waals surface area contributed by atoms with E-state index >= 15 is 0 Å². The van der Waals surface area contributed by atoms with E-state index in [9.17, 15) is 4.79 Å². The van der Waals surface area contributed by atoms with Crippen LogP contribution in [-0.2, 0) is 16.0 Å². The lowest BCUT2D eigenvalue weighted by Gasteiger charge is -2.23. The monoisotopic (exact) mass is 355 g/mol. The Hall–Kier alpha value is -1.07. The molecule has 0 spiro atoms. The van der Waals surface area contributed by atoms with E-state index in [0.29, 0.717) is 13.2 Å². The number of fused-ring (bicyclic) bond motifs is 1. The number of rotatable bonds is 7. The SMILES string of the molecule is CCCN(CC(=O)OCC)CC1Cc2cc(Br)ccc2O1. The third-order valence-electron chi connectivity index (χ3n) is 3.42. The van der Waals surface area contributed by atoms with E-state index in [-0.39, 0.29) is 12.1 Å². The van der Waals surface area contributed by atoms with Gasteiger partial charge < -0.3 is 9.47 Å². The van der Waals surface area contributed by atoms with Crippen molar-refractivity contribution in [1.29, 1.82) is 0 Å². The van der Waals surface area contributed by atoms with Gasteiger partial charge in [-0.1, -0.05) is 22.9 Å². The Labute approximate surface area is 134 Å². The predicted octanol–water partition coefficient (Wildman–Crippen LogP) is 3.03. The minimum absolute atomic E-state index is 0.107. The van der Waals surface area contributed by atoms with E-state index < -0.39 is 0 Å². The van der Waals surface area contributed by atoms with Crippen molar-refractivity contribution < 1.29 is 14.3 Å². The summed E-state index contributed by atoms with van der Waals surface area (Å²) >= 11 is 3.48. The molecule has 0 amide bonds. The minimum Gasteiger partial charge on any atom is -0.488 e. The highest BCUT2D eigenvalue weighted by Gasteiger charge is 2.25. The summed E-state index contributed by atoms with van der Waals surface area (Å²) < 4.78 is 12.1. The second kappa shape index (κ2) is 7.80. The molecule has 116 valence electrons. The molecule has 0 saturated heterocycles. The molecule has 1 heterocycles. The number of halogens is 1. The maximum atomic E-state index is 11.7. The van der Waals surface area contributed by atoms with Crippen LogP contribution in [-0.4, -0.2) is 43.2 Å². The van der Waals surface area contributed by atoms with Crippen LogP contribution in [0.3, 0.4) is 0 Å². The predicted molar refractivity (Wildman–Crippen MR) is 85.6 cm³/mol. The smallest absolute Gasteiger partial charge is 0.320 e. The number of carbonyl (C=O) groups excluding carboxylic acids is 1. The summed E-state index contributed by atoms with van der Waals surface area (Å²) in [7, 11) is 0. The molecule has 1 aliphatic heterocycles. The molecule has 0 saturated carbocycles. The van der Waals surface area contributed by atoms with Gasteiger partial charge in [-0.15, -0.1) is 0 Å². The maximum Gasteiger partial charge on any atom is 0.320 e. The zero-order valence-corrected chi connectivity index (χ0v) is 14.2. The third kappa shape index (κ3) is 4.71. The van der Waals surface area contributed by atoms with Crippen molar-refractivity contribution in [3.05, 3.63) is 28.2 Å². The summed E-state index contributed by atoms with van der Waals surface area (Å²) in [5, 5.41) is 0. The van der Waals surface area contributed by atoms with Crippen molar-refractivity contribution in [2.75, 3.05) is 26.2 Å². The minimum atomic E-state index is -0.163. The van der Waals surface area contributed by atoms with Gasteiger partial charge in [0, 0.05) is 17.4 Å². The molecule has 2 rings (SSSR count). The molecule has 21 heavy (non-hydrogen) atoms. The van der Waals surface area contributed by atoms with Gasteiger partial charge in [0.1, 0.15) is 11.9 Å². The van der Waals surface area contributed by atoms with E-state index in [0.717, 1.165) is 36.2 Å². The fourth-order valence-electron chi connectivity index (χ4n) is 2.62. The second-order valence-corrected chi connectivity index (χ2v) is 6.15. The van der Waals surface area contributed by atoms with E-state index in [1.165, 1.54) is 5.56 Å². The highest BCUT2D eigenvalue weighted by Crippen LogP contribution is 2.31. The Morgan fingerprint density at radius 1 is 1.48 bits per heavy atom. The second-order valence-electron chi connectivity index (χ2n) is 5.24.